The Morgan fingerprint density at radius 2 is 1.71 bits per heavy atom. The summed E-state index contributed by atoms with van der Waals surface area (Å²) in [6.45, 7) is 9.99. The number of benzene rings is 2. The van der Waals surface area contributed by atoms with Crippen LogP contribution in [0.15, 0.2) is 51.8 Å². The van der Waals surface area contributed by atoms with E-state index in [1.807, 2.05) is 59.9 Å². The van der Waals surface area contributed by atoms with Crippen molar-refractivity contribution in [3.05, 3.63) is 58.3 Å². The minimum atomic E-state index is -0.533. The highest BCUT2D eigenvalue weighted by Crippen LogP contribution is 2.28. The van der Waals surface area contributed by atoms with Crippen molar-refractivity contribution in [2.24, 2.45) is 0 Å². The molecule has 2 aromatic carbocycles. The number of nitrogens with zero attached hydrogens (tertiary/aromatic N) is 1. The van der Waals surface area contributed by atoms with E-state index in [1.165, 1.54) is 24.1 Å². The Balaban J connectivity index is 0.00000212. The fraction of sp³-hybridized carbons (Fsp3) is 0.435. The lowest BCUT2D eigenvalue weighted by atomic mass is 10.2. The van der Waals surface area contributed by atoms with Gasteiger partial charge < -0.3 is 9.47 Å². The average molecular weight is 535 g/mol. The Labute approximate surface area is 204 Å². The molecule has 2 aromatic rings. The topological polar surface area (TPSA) is 38.8 Å². The second kappa shape index (κ2) is 15.6. The summed E-state index contributed by atoms with van der Waals surface area (Å²) < 4.78 is 26.6. The third-order valence-corrected chi connectivity index (χ3v) is 4.79. The number of hydrogen-bond donors (Lipinski definition) is 1. The van der Waals surface area contributed by atoms with E-state index in [9.17, 15) is 9.18 Å². The van der Waals surface area contributed by atoms with E-state index in [2.05, 4.69) is 32.9 Å². The number of carbonyl (C=O) groups excluding carboxylic acids is 1. The normalized spacial score (nSPS) is 10.4. The molecule has 0 saturated carbocycles. The second-order valence-electron chi connectivity index (χ2n) is 6.97. The maximum atomic E-state index is 13.0. The third-order valence-electron chi connectivity index (χ3n) is 3.24. The molecule has 0 spiro atoms. The smallest absolute Gasteiger partial charge is 0.344 e. The van der Waals surface area contributed by atoms with Gasteiger partial charge in [0.2, 0.25) is 0 Å². The first-order valence-corrected chi connectivity index (χ1v) is 12.3. The molecule has 0 fully saturated rings. The van der Waals surface area contributed by atoms with Crippen molar-refractivity contribution in [3.8, 4) is 5.75 Å². The first kappa shape index (κ1) is 29.8. The van der Waals surface area contributed by atoms with Crippen molar-refractivity contribution in [1.29, 1.82) is 0 Å². The van der Waals surface area contributed by atoms with E-state index in [1.54, 1.807) is 18.4 Å². The molecule has 31 heavy (non-hydrogen) atoms. The van der Waals surface area contributed by atoms with Crippen LogP contribution in [-0.2, 0) is 16.1 Å². The standard InChI is InChI=1S/C20H23BrFNO3S.C2H6.CH4S/c1-20(2,3)26-19(24)13-25-18-10-5-14(11-17(18)21)12-23(4)27-16-8-6-15(22)7-9-16;2*1-2/h5-11H,12-13H2,1-4H3;1-2H3;2H,1H3. The summed E-state index contributed by atoms with van der Waals surface area (Å²) in [5.41, 5.74) is 0.539. The van der Waals surface area contributed by atoms with Gasteiger partial charge in [0, 0.05) is 11.4 Å². The highest BCUT2D eigenvalue weighted by molar-refractivity contribution is 9.10. The molecule has 174 valence electrons. The largest absolute Gasteiger partial charge is 0.481 e. The minimum absolute atomic E-state index is 0.143. The Hall–Kier alpha value is -1.22. The van der Waals surface area contributed by atoms with Crippen LogP contribution < -0.4 is 4.74 Å². The van der Waals surface area contributed by atoms with Crippen LogP contribution in [0.5, 0.6) is 5.75 Å². The molecule has 0 aromatic heterocycles. The van der Waals surface area contributed by atoms with Crippen LogP contribution in [0.4, 0.5) is 4.39 Å². The van der Waals surface area contributed by atoms with Gasteiger partial charge in [0.05, 0.1) is 4.47 Å². The zero-order valence-corrected chi connectivity index (χ0v) is 22.5. The van der Waals surface area contributed by atoms with E-state index in [-0.39, 0.29) is 12.4 Å². The second-order valence-corrected chi connectivity index (χ2v) is 9.10. The van der Waals surface area contributed by atoms with Gasteiger partial charge in [-0.2, -0.15) is 12.6 Å². The molecule has 4 nitrogen and oxygen atoms in total. The Morgan fingerprint density at radius 1 is 1.13 bits per heavy atom. The maximum absolute atomic E-state index is 13.0. The summed E-state index contributed by atoms with van der Waals surface area (Å²) in [5.74, 6) is -0.0692. The van der Waals surface area contributed by atoms with Crippen LogP contribution in [0.1, 0.15) is 40.2 Å². The molecule has 0 saturated heterocycles. The van der Waals surface area contributed by atoms with Gasteiger partial charge >= 0.3 is 5.97 Å². The molecule has 0 heterocycles. The number of esters is 1. The van der Waals surface area contributed by atoms with Crippen LogP contribution in [0.2, 0.25) is 0 Å². The van der Waals surface area contributed by atoms with E-state index in [0.717, 1.165) is 14.9 Å². The number of ether oxygens (including phenoxy) is 2. The number of carbonyl (C=O) groups is 1. The van der Waals surface area contributed by atoms with Crippen LogP contribution >= 0.6 is 40.5 Å². The van der Waals surface area contributed by atoms with Gasteiger partial charge in [-0.15, -0.1) is 0 Å². The lowest BCUT2D eigenvalue weighted by Crippen LogP contribution is -2.27. The number of hydrogen-bond acceptors (Lipinski definition) is 6. The van der Waals surface area contributed by atoms with Crippen LogP contribution in [-0.4, -0.2) is 35.8 Å². The number of halogens is 2. The predicted octanol–water partition coefficient (Wildman–Crippen LogP) is 7.02. The van der Waals surface area contributed by atoms with Crippen molar-refractivity contribution in [1.82, 2.24) is 4.31 Å². The minimum Gasteiger partial charge on any atom is -0.481 e. The highest BCUT2D eigenvalue weighted by Gasteiger charge is 2.17. The van der Waals surface area contributed by atoms with E-state index >= 15 is 0 Å². The monoisotopic (exact) mass is 533 g/mol. The van der Waals surface area contributed by atoms with Crippen LogP contribution in [0.3, 0.4) is 0 Å². The molecule has 8 heteroatoms. The Morgan fingerprint density at radius 3 is 2.23 bits per heavy atom. The Bertz CT molecular complexity index is 783. The van der Waals surface area contributed by atoms with Gasteiger partial charge in [0.25, 0.3) is 0 Å². The van der Waals surface area contributed by atoms with Crippen molar-refractivity contribution in [2.45, 2.75) is 51.7 Å². The van der Waals surface area contributed by atoms with Gasteiger partial charge in [-0.25, -0.2) is 13.5 Å². The van der Waals surface area contributed by atoms with Crippen molar-refractivity contribution in [2.75, 3.05) is 19.9 Å². The molecule has 0 aliphatic rings. The molecule has 0 bridgehead atoms. The molecule has 2 rings (SSSR count). The highest BCUT2D eigenvalue weighted by atomic mass is 79.9. The summed E-state index contributed by atoms with van der Waals surface area (Å²) in [5, 5.41) is 0. The van der Waals surface area contributed by atoms with E-state index in [4.69, 9.17) is 9.47 Å². The average Bonchev–Trinajstić information content (AvgIpc) is 2.71. The number of thiol groups is 1. The van der Waals surface area contributed by atoms with Gasteiger partial charge in [-0.3, -0.25) is 0 Å². The molecule has 0 amide bonds. The lowest BCUT2D eigenvalue weighted by Gasteiger charge is -2.20. The fourth-order valence-corrected chi connectivity index (χ4v) is 3.60. The van der Waals surface area contributed by atoms with Gasteiger partial charge in [0.1, 0.15) is 17.2 Å². The zero-order valence-electron chi connectivity index (χ0n) is 19.2. The molecular formula is C23H33BrFNO3S2. The van der Waals surface area contributed by atoms with Crippen molar-refractivity contribution in [3.63, 3.8) is 0 Å². The maximum Gasteiger partial charge on any atom is 0.344 e. The quantitative estimate of drug-likeness (QED) is 0.235. The molecular weight excluding hydrogens is 501 g/mol. The number of rotatable bonds is 7. The van der Waals surface area contributed by atoms with E-state index in [0.29, 0.717) is 12.3 Å². The summed E-state index contributed by atoms with van der Waals surface area (Å²) in [6.07, 6.45) is 1.69. The predicted molar refractivity (Wildman–Crippen MR) is 135 cm³/mol. The first-order valence-electron chi connectivity index (χ1n) is 9.85. The van der Waals surface area contributed by atoms with Gasteiger partial charge in [0.15, 0.2) is 6.61 Å². The fourth-order valence-electron chi connectivity index (χ4n) is 2.23. The van der Waals surface area contributed by atoms with Crippen LogP contribution in [0.25, 0.3) is 0 Å². The van der Waals surface area contributed by atoms with Crippen molar-refractivity contribution >= 4 is 46.5 Å². The summed E-state index contributed by atoms with van der Waals surface area (Å²) in [6, 6.07) is 12.1. The lowest BCUT2D eigenvalue weighted by molar-refractivity contribution is -0.157. The first-order chi connectivity index (χ1) is 14.6. The summed E-state index contributed by atoms with van der Waals surface area (Å²) in [4.78, 5) is 12.7. The summed E-state index contributed by atoms with van der Waals surface area (Å²) in [7, 11) is 1.97. The molecule has 0 radical (unpaired) electrons. The van der Waals surface area contributed by atoms with E-state index < -0.39 is 11.6 Å². The van der Waals surface area contributed by atoms with Gasteiger partial charge in [-0.05, 0) is 104 Å². The molecule has 0 aliphatic heterocycles. The molecule has 0 atom stereocenters. The molecule has 0 N–H and O–H groups in total. The summed E-state index contributed by atoms with van der Waals surface area (Å²) >= 11 is 8.54. The SMILES string of the molecule is CC.CN(Cc1ccc(OCC(=O)OC(C)(C)C)c(Br)c1)Sc1ccc(F)cc1.CS. The zero-order chi connectivity index (χ0) is 24.0. The molecule has 0 unspecified atom stereocenters. The van der Waals surface area contributed by atoms with Crippen LogP contribution in [0, 0.1) is 5.82 Å². The third kappa shape index (κ3) is 13.0. The van der Waals surface area contributed by atoms with Gasteiger partial charge in [-0.1, -0.05) is 19.9 Å². The molecule has 0 aliphatic carbocycles. The Kier molecular flexibility index (Phi) is 14.9. The van der Waals surface area contributed by atoms with Crippen molar-refractivity contribution < 1.29 is 18.7 Å².